The SMILES string of the molecule is CCCCOP(=O)(O)OC[C@@H]1CC[C@H](n2cc(C)c(=O)[nH]c2=O)O1. The van der Waals surface area contributed by atoms with E-state index in [1.165, 1.54) is 10.8 Å². The van der Waals surface area contributed by atoms with Gasteiger partial charge in [0.05, 0.1) is 19.3 Å². The normalized spacial score (nSPS) is 23.3. The maximum atomic E-state index is 11.8. The number of hydrogen-bond acceptors (Lipinski definition) is 6. The zero-order valence-corrected chi connectivity index (χ0v) is 14.7. The minimum Gasteiger partial charge on any atom is -0.352 e. The van der Waals surface area contributed by atoms with Crippen LogP contribution in [0.3, 0.4) is 0 Å². The summed E-state index contributed by atoms with van der Waals surface area (Å²) in [4.78, 5) is 35.0. The van der Waals surface area contributed by atoms with Crippen molar-refractivity contribution in [3.63, 3.8) is 0 Å². The first-order valence-corrected chi connectivity index (χ1v) is 9.41. The topological polar surface area (TPSA) is 120 Å². The fraction of sp³-hybridized carbons (Fsp3) is 0.714. The van der Waals surface area contributed by atoms with E-state index in [4.69, 9.17) is 13.8 Å². The van der Waals surface area contributed by atoms with E-state index in [0.717, 1.165) is 6.42 Å². The Bertz CT molecular complexity index is 714. The summed E-state index contributed by atoms with van der Waals surface area (Å²) in [7, 11) is -4.09. The molecule has 24 heavy (non-hydrogen) atoms. The van der Waals surface area contributed by atoms with E-state index in [1.54, 1.807) is 6.92 Å². The zero-order chi connectivity index (χ0) is 17.7. The van der Waals surface area contributed by atoms with Gasteiger partial charge in [-0.3, -0.25) is 23.4 Å². The largest absolute Gasteiger partial charge is 0.472 e. The van der Waals surface area contributed by atoms with E-state index >= 15 is 0 Å². The number of phosphoric acid groups is 1. The van der Waals surface area contributed by atoms with Crippen molar-refractivity contribution in [1.82, 2.24) is 9.55 Å². The van der Waals surface area contributed by atoms with E-state index < -0.39 is 31.4 Å². The van der Waals surface area contributed by atoms with Crippen molar-refractivity contribution in [2.75, 3.05) is 13.2 Å². The number of aromatic nitrogens is 2. The fourth-order valence-corrected chi connectivity index (χ4v) is 3.14. The van der Waals surface area contributed by atoms with Gasteiger partial charge >= 0.3 is 13.5 Å². The number of nitrogens with zero attached hydrogens (tertiary/aromatic N) is 1. The Morgan fingerprint density at radius 1 is 1.42 bits per heavy atom. The van der Waals surface area contributed by atoms with Gasteiger partial charge in [-0.05, 0) is 26.2 Å². The molecule has 10 heteroatoms. The molecular formula is C14H23N2O7P. The van der Waals surface area contributed by atoms with Gasteiger partial charge < -0.3 is 9.63 Å². The third-order valence-corrected chi connectivity index (χ3v) is 4.70. The second-order valence-electron chi connectivity index (χ2n) is 5.72. The molecule has 0 aromatic carbocycles. The second-order valence-corrected chi connectivity index (χ2v) is 7.17. The van der Waals surface area contributed by atoms with E-state index in [0.29, 0.717) is 24.8 Å². The van der Waals surface area contributed by atoms with Crippen LogP contribution in [0.2, 0.25) is 0 Å². The summed E-state index contributed by atoms with van der Waals surface area (Å²) in [6.45, 7) is 3.59. The first-order chi connectivity index (χ1) is 11.3. The van der Waals surface area contributed by atoms with Gasteiger partial charge in [0.25, 0.3) is 5.56 Å². The average molecular weight is 362 g/mol. The van der Waals surface area contributed by atoms with Crippen LogP contribution in [0.5, 0.6) is 0 Å². The van der Waals surface area contributed by atoms with Crippen LogP contribution in [0.25, 0.3) is 0 Å². The van der Waals surface area contributed by atoms with Crippen molar-refractivity contribution in [2.45, 2.75) is 51.9 Å². The van der Waals surface area contributed by atoms with Gasteiger partial charge in [0, 0.05) is 11.8 Å². The van der Waals surface area contributed by atoms with Crippen LogP contribution < -0.4 is 11.2 Å². The molecule has 9 nitrogen and oxygen atoms in total. The van der Waals surface area contributed by atoms with Crippen LogP contribution in [0.15, 0.2) is 15.8 Å². The summed E-state index contributed by atoms with van der Waals surface area (Å²) >= 11 is 0. The van der Waals surface area contributed by atoms with Crippen molar-refractivity contribution >= 4 is 7.82 Å². The van der Waals surface area contributed by atoms with Gasteiger partial charge in [0.15, 0.2) is 0 Å². The highest BCUT2D eigenvalue weighted by Crippen LogP contribution is 2.44. The van der Waals surface area contributed by atoms with Crippen LogP contribution in [0.1, 0.15) is 44.4 Å². The molecule has 0 saturated carbocycles. The molecule has 1 aromatic rings. The maximum Gasteiger partial charge on any atom is 0.472 e. The number of H-pyrrole nitrogens is 1. The Balaban J connectivity index is 1.90. The predicted octanol–water partition coefficient (Wildman–Crippen LogP) is 1.46. The van der Waals surface area contributed by atoms with E-state index in [2.05, 4.69) is 4.98 Å². The van der Waals surface area contributed by atoms with E-state index in [1.807, 2.05) is 6.92 Å². The highest BCUT2D eigenvalue weighted by atomic mass is 31.2. The molecule has 0 spiro atoms. The minimum atomic E-state index is -4.09. The summed E-state index contributed by atoms with van der Waals surface area (Å²) in [5, 5.41) is 0. The summed E-state index contributed by atoms with van der Waals surface area (Å²) < 4.78 is 28.4. The van der Waals surface area contributed by atoms with E-state index in [-0.39, 0.29) is 13.2 Å². The molecule has 0 amide bonds. The van der Waals surface area contributed by atoms with Gasteiger partial charge in [0.1, 0.15) is 6.23 Å². The Labute approximate surface area is 139 Å². The molecule has 0 bridgehead atoms. The van der Waals surface area contributed by atoms with Crippen molar-refractivity contribution in [1.29, 1.82) is 0 Å². The van der Waals surface area contributed by atoms with Crippen LogP contribution in [0.4, 0.5) is 0 Å². The lowest BCUT2D eigenvalue weighted by atomic mass is 10.2. The number of unbranched alkanes of at least 4 members (excludes halogenated alkanes) is 1. The first kappa shape index (κ1) is 19.1. The molecule has 2 rings (SSSR count). The third-order valence-electron chi connectivity index (χ3n) is 3.72. The smallest absolute Gasteiger partial charge is 0.352 e. The van der Waals surface area contributed by atoms with Gasteiger partial charge in [-0.15, -0.1) is 0 Å². The predicted molar refractivity (Wildman–Crippen MR) is 85.8 cm³/mol. The lowest BCUT2D eigenvalue weighted by Gasteiger charge is -2.17. The fourth-order valence-electron chi connectivity index (χ4n) is 2.35. The Kier molecular flexibility index (Phi) is 6.54. The van der Waals surface area contributed by atoms with Crippen molar-refractivity contribution in [2.24, 2.45) is 0 Å². The van der Waals surface area contributed by atoms with Crippen LogP contribution in [-0.2, 0) is 18.3 Å². The molecule has 1 fully saturated rings. The molecule has 1 unspecified atom stereocenters. The molecule has 0 radical (unpaired) electrons. The Morgan fingerprint density at radius 3 is 2.88 bits per heavy atom. The Hall–Kier alpha value is -1.25. The molecule has 2 N–H and O–H groups in total. The van der Waals surface area contributed by atoms with Crippen molar-refractivity contribution in [3.8, 4) is 0 Å². The summed E-state index contributed by atoms with van der Waals surface area (Å²) in [6, 6.07) is 0. The highest BCUT2D eigenvalue weighted by molar-refractivity contribution is 7.47. The zero-order valence-electron chi connectivity index (χ0n) is 13.8. The lowest BCUT2D eigenvalue weighted by Crippen LogP contribution is -2.33. The second kappa shape index (κ2) is 8.22. The molecule has 2 heterocycles. The molecule has 3 atom stereocenters. The highest BCUT2D eigenvalue weighted by Gasteiger charge is 2.30. The van der Waals surface area contributed by atoms with Crippen LogP contribution in [-0.4, -0.2) is 33.8 Å². The molecule has 0 aliphatic carbocycles. The standard InChI is InChI=1S/C14H23N2O7P/c1-3-4-7-21-24(19,20)22-9-11-5-6-12(23-11)16-8-10(2)13(17)15-14(16)18/h8,11-12H,3-7,9H2,1-2H3,(H,19,20)(H,15,17,18)/t11-,12+/m0/s1. The van der Waals surface area contributed by atoms with Crippen LogP contribution >= 0.6 is 7.82 Å². The van der Waals surface area contributed by atoms with Crippen molar-refractivity contribution < 1.29 is 23.2 Å². The molecule has 1 aliphatic rings. The number of rotatable bonds is 8. The quantitative estimate of drug-likeness (QED) is 0.530. The molecule has 136 valence electrons. The van der Waals surface area contributed by atoms with Crippen molar-refractivity contribution in [3.05, 3.63) is 32.6 Å². The average Bonchev–Trinajstić information content (AvgIpc) is 2.98. The Morgan fingerprint density at radius 2 is 2.17 bits per heavy atom. The number of aryl methyl sites for hydroxylation is 1. The molecular weight excluding hydrogens is 339 g/mol. The van der Waals surface area contributed by atoms with E-state index in [9.17, 15) is 19.0 Å². The number of aromatic amines is 1. The van der Waals surface area contributed by atoms with Gasteiger partial charge in [-0.2, -0.15) is 0 Å². The van der Waals surface area contributed by atoms with Crippen LogP contribution in [0, 0.1) is 6.92 Å². The van der Waals surface area contributed by atoms with Gasteiger partial charge in [-0.1, -0.05) is 13.3 Å². The molecule has 1 aliphatic heterocycles. The molecule has 1 aromatic heterocycles. The summed E-state index contributed by atoms with van der Waals surface area (Å²) in [5.41, 5.74) is -0.574. The number of phosphoric ester groups is 1. The first-order valence-electron chi connectivity index (χ1n) is 7.92. The number of ether oxygens (including phenoxy) is 1. The monoisotopic (exact) mass is 362 g/mol. The number of hydrogen-bond donors (Lipinski definition) is 2. The minimum absolute atomic E-state index is 0.104. The van der Waals surface area contributed by atoms with Gasteiger partial charge in [-0.25, -0.2) is 9.36 Å². The number of nitrogens with one attached hydrogen (secondary N) is 1. The summed E-state index contributed by atoms with van der Waals surface area (Å²) in [6.07, 6.45) is 3.09. The lowest BCUT2D eigenvalue weighted by molar-refractivity contribution is -0.0260. The maximum absolute atomic E-state index is 11.8. The summed E-state index contributed by atoms with van der Waals surface area (Å²) in [5.74, 6) is 0. The van der Waals surface area contributed by atoms with Gasteiger partial charge in [0.2, 0.25) is 0 Å². The third kappa shape index (κ3) is 5.12. The molecule has 1 saturated heterocycles.